The van der Waals surface area contributed by atoms with Crippen LogP contribution >= 0.6 is 11.3 Å². The van der Waals surface area contributed by atoms with Gasteiger partial charge in [0.15, 0.2) is 0 Å². The van der Waals surface area contributed by atoms with Gasteiger partial charge in [-0.3, -0.25) is 0 Å². The predicted octanol–water partition coefficient (Wildman–Crippen LogP) is 2.14. The highest BCUT2D eigenvalue weighted by molar-refractivity contribution is 7.13. The highest BCUT2D eigenvalue weighted by Gasteiger charge is 2.22. The smallest absolute Gasteiger partial charge is 0.347 e. The van der Waals surface area contributed by atoms with Crippen molar-refractivity contribution in [2.75, 3.05) is 0 Å². The van der Waals surface area contributed by atoms with Crippen LogP contribution in [0.2, 0.25) is 0 Å². The fourth-order valence-electron chi connectivity index (χ4n) is 2.46. The van der Waals surface area contributed by atoms with Crippen LogP contribution in [-0.2, 0) is 6.54 Å². The number of carboxylic acid groups (broad SMARTS) is 1. The Morgan fingerprint density at radius 2 is 2.20 bits per heavy atom. The molecule has 0 aliphatic heterocycles. The molecule has 2 atom stereocenters. The molecule has 110 valence electrons. The molecule has 1 fully saturated rings. The molecule has 0 spiro atoms. The largest absolute Gasteiger partial charge is 0.477 e. The fourth-order valence-corrected chi connectivity index (χ4v) is 3.30. The molecule has 1 saturated carbocycles. The summed E-state index contributed by atoms with van der Waals surface area (Å²) in [6.45, 7) is 4.10. The Bertz CT molecular complexity index is 515. The van der Waals surface area contributed by atoms with Crippen molar-refractivity contribution in [3.63, 3.8) is 0 Å². The zero-order valence-electron chi connectivity index (χ0n) is 11.6. The summed E-state index contributed by atoms with van der Waals surface area (Å²) in [5.74, 6) is -0.310. The highest BCUT2D eigenvalue weighted by atomic mass is 32.1. The summed E-state index contributed by atoms with van der Waals surface area (Å²) in [4.78, 5) is 27.0. The SMILES string of the molecule is Cc1nc(CNC(=O)NC2CCC(C)C2)sc1C(=O)O. The van der Waals surface area contributed by atoms with E-state index in [1.165, 1.54) is 0 Å². The minimum absolute atomic E-state index is 0.214. The maximum absolute atomic E-state index is 11.7. The lowest BCUT2D eigenvalue weighted by Gasteiger charge is -2.12. The van der Waals surface area contributed by atoms with Crippen LogP contribution in [0.3, 0.4) is 0 Å². The summed E-state index contributed by atoms with van der Waals surface area (Å²) in [7, 11) is 0. The van der Waals surface area contributed by atoms with E-state index in [4.69, 9.17) is 5.11 Å². The summed E-state index contributed by atoms with van der Waals surface area (Å²) in [5.41, 5.74) is 0.490. The molecule has 2 rings (SSSR count). The number of aromatic nitrogens is 1. The molecule has 2 amide bonds. The van der Waals surface area contributed by atoms with Gasteiger partial charge in [-0.05, 0) is 32.1 Å². The molecule has 1 aliphatic carbocycles. The average molecular weight is 297 g/mol. The molecule has 1 aromatic rings. The number of aryl methyl sites for hydroxylation is 1. The van der Waals surface area contributed by atoms with Gasteiger partial charge in [0.1, 0.15) is 9.88 Å². The van der Waals surface area contributed by atoms with Gasteiger partial charge in [0.05, 0.1) is 12.2 Å². The maximum atomic E-state index is 11.7. The summed E-state index contributed by atoms with van der Waals surface area (Å²) in [6.07, 6.45) is 3.19. The quantitative estimate of drug-likeness (QED) is 0.794. The molecule has 0 saturated heterocycles. The summed E-state index contributed by atoms with van der Waals surface area (Å²) < 4.78 is 0. The van der Waals surface area contributed by atoms with E-state index in [2.05, 4.69) is 22.5 Å². The Morgan fingerprint density at radius 1 is 1.45 bits per heavy atom. The van der Waals surface area contributed by atoms with E-state index in [9.17, 15) is 9.59 Å². The number of hydrogen-bond donors (Lipinski definition) is 3. The molecule has 7 heteroatoms. The first-order chi connectivity index (χ1) is 9.45. The monoisotopic (exact) mass is 297 g/mol. The molecule has 1 heterocycles. The van der Waals surface area contributed by atoms with Crippen LogP contribution in [0.25, 0.3) is 0 Å². The van der Waals surface area contributed by atoms with Gasteiger partial charge in [-0.15, -0.1) is 11.3 Å². The first-order valence-corrected chi connectivity index (χ1v) is 7.51. The van der Waals surface area contributed by atoms with Gasteiger partial charge in [0.2, 0.25) is 0 Å². The van der Waals surface area contributed by atoms with Gasteiger partial charge in [0, 0.05) is 6.04 Å². The number of hydrogen-bond acceptors (Lipinski definition) is 4. The van der Waals surface area contributed by atoms with Crippen molar-refractivity contribution in [3.05, 3.63) is 15.6 Å². The normalized spacial score (nSPS) is 21.7. The molecule has 1 aliphatic rings. The summed E-state index contributed by atoms with van der Waals surface area (Å²) >= 11 is 1.10. The molecular formula is C13H19N3O3S. The van der Waals surface area contributed by atoms with Crippen molar-refractivity contribution in [1.29, 1.82) is 0 Å². The van der Waals surface area contributed by atoms with E-state index < -0.39 is 5.97 Å². The number of rotatable bonds is 4. The number of carboxylic acids is 1. The van der Waals surface area contributed by atoms with E-state index in [0.717, 1.165) is 30.6 Å². The lowest BCUT2D eigenvalue weighted by atomic mass is 10.1. The molecule has 6 nitrogen and oxygen atoms in total. The second-order valence-corrected chi connectivity index (χ2v) is 6.35. The minimum atomic E-state index is -0.976. The van der Waals surface area contributed by atoms with E-state index in [0.29, 0.717) is 16.6 Å². The third kappa shape index (κ3) is 3.69. The molecule has 0 bridgehead atoms. The first-order valence-electron chi connectivity index (χ1n) is 6.69. The predicted molar refractivity (Wildman–Crippen MR) is 76.0 cm³/mol. The number of carbonyl (C=O) groups excluding carboxylic acids is 1. The van der Waals surface area contributed by atoms with Crippen LogP contribution in [0, 0.1) is 12.8 Å². The molecule has 20 heavy (non-hydrogen) atoms. The molecule has 0 radical (unpaired) electrons. The van der Waals surface area contributed by atoms with Crippen LogP contribution in [0.15, 0.2) is 0 Å². The lowest BCUT2D eigenvalue weighted by Crippen LogP contribution is -2.40. The number of thiazole rings is 1. The van der Waals surface area contributed by atoms with Crippen molar-refractivity contribution in [2.24, 2.45) is 5.92 Å². The molecule has 3 N–H and O–H groups in total. The molecule has 1 aromatic heterocycles. The van der Waals surface area contributed by atoms with Crippen LogP contribution in [0.4, 0.5) is 4.79 Å². The van der Waals surface area contributed by atoms with Gasteiger partial charge in [-0.1, -0.05) is 6.92 Å². The lowest BCUT2D eigenvalue weighted by molar-refractivity contribution is 0.0701. The number of nitrogens with one attached hydrogen (secondary N) is 2. The minimum Gasteiger partial charge on any atom is -0.477 e. The van der Waals surface area contributed by atoms with Gasteiger partial charge < -0.3 is 15.7 Å². The van der Waals surface area contributed by atoms with Gasteiger partial charge >= 0.3 is 12.0 Å². The average Bonchev–Trinajstić information content (AvgIpc) is 2.93. The second kappa shape index (κ2) is 6.21. The van der Waals surface area contributed by atoms with E-state index >= 15 is 0 Å². The van der Waals surface area contributed by atoms with Crippen LogP contribution in [-0.4, -0.2) is 28.1 Å². The van der Waals surface area contributed by atoms with Gasteiger partial charge in [0.25, 0.3) is 0 Å². The van der Waals surface area contributed by atoms with E-state index in [-0.39, 0.29) is 23.5 Å². The molecule has 2 unspecified atom stereocenters. The Balaban J connectivity index is 1.81. The van der Waals surface area contributed by atoms with Crippen LogP contribution < -0.4 is 10.6 Å². The Morgan fingerprint density at radius 3 is 2.75 bits per heavy atom. The van der Waals surface area contributed by atoms with Crippen LogP contribution in [0.1, 0.15) is 46.6 Å². The Labute approximate surface area is 121 Å². The summed E-state index contributed by atoms with van der Waals surface area (Å²) in [6, 6.07) is 0.0337. The van der Waals surface area contributed by atoms with E-state index in [1.54, 1.807) is 6.92 Å². The highest BCUT2D eigenvalue weighted by Crippen LogP contribution is 2.24. The van der Waals surface area contributed by atoms with Crippen LogP contribution in [0.5, 0.6) is 0 Å². The van der Waals surface area contributed by atoms with Gasteiger partial charge in [-0.2, -0.15) is 0 Å². The third-order valence-corrected chi connectivity index (χ3v) is 4.61. The number of nitrogens with zero attached hydrogens (tertiary/aromatic N) is 1. The number of aromatic carboxylic acids is 1. The number of carbonyl (C=O) groups is 2. The number of urea groups is 1. The van der Waals surface area contributed by atoms with Crippen molar-refractivity contribution in [2.45, 2.75) is 45.7 Å². The zero-order chi connectivity index (χ0) is 14.7. The maximum Gasteiger partial charge on any atom is 0.347 e. The zero-order valence-corrected chi connectivity index (χ0v) is 12.4. The first kappa shape index (κ1) is 14.8. The number of amides is 2. The van der Waals surface area contributed by atoms with Crippen molar-refractivity contribution in [3.8, 4) is 0 Å². The van der Waals surface area contributed by atoms with Crippen molar-refractivity contribution >= 4 is 23.3 Å². The molecular weight excluding hydrogens is 278 g/mol. The Hall–Kier alpha value is -1.63. The van der Waals surface area contributed by atoms with Crippen molar-refractivity contribution in [1.82, 2.24) is 15.6 Å². The topological polar surface area (TPSA) is 91.3 Å². The third-order valence-electron chi connectivity index (χ3n) is 3.47. The van der Waals surface area contributed by atoms with E-state index in [1.807, 2.05) is 0 Å². The van der Waals surface area contributed by atoms with Gasteiger partial charge in [-0.25, -0.2) is 14.6 Å². The summed E-state index contributed by atoms with van der Waals surface area (Å²) in [5, 5.41) is 15.2. The Kier molecular flexibility index (Phi) is 4.59. The van der Waals surface area contributed by atoms with Crippen molar-refractivity contribution < 1.29 is 14.7 Å². The second-order valence-electron chi connectivity index (χ2n) is 5.27. The standard InChI is InChI=1S/C13H19N3O3S/c1-7-3-4-9(5-7)16-13(19)14-6-10-15-8(2)11(20-10)12(17)18/h7,9H,3-6H2,1-2H3,(H,17,18)(H2,14,16,19). The fraction of sp³-hybridized carbons (Fsp3) is 0.615. The molecule has 0 aromatic carbocycles.